The van der Waals surface area contributed by atoms with Gasteiger partial charge in [-0.2, -0.15) is 0 Å². The molecule has 1 aliphatic heterocycles. The lowest BCUT2D eigenvalue weighted by Crippen LogP contribution is -2.54. The zero-order valence-electron chi connectivity index (χ0n) is 12.5. The van der Waals surface area contributed by atoms with E-state index in [4.69, 9.17) is 0 Å². The van der Waals surface area contributed by atoms with Crippen LogP contribution in [0.5, 0.6) is 0 Å². The molecule has 1 saturated heterocycles. The van der Waals surface area contributed by atoms with Crippen LogP contribution in [0.2, 0.25) is 0 Å². The normalized spacial score (nSPS) is 25.4. The minimum absolute atomic E-state index is 0.436. The largest absolute Gasteiger partial charge is 0.311 e. The fourth-order valence-corrected chi connectivity index (χ4v) is 3.22. The Hall–Kier alpha value is -0.640. The van der Waals surface area contributed by atoms with E-state index in [1.165, 1.54) is 12.0 Å². The summed E-state index contributed by atoms with van der Waals surface area (Å²) >= 11 is 3.53. The Morgan fingerprint density at radius 3 is 2.75 bits per heavy atom. The Bertz CT molecular complexity index is 432. The average molecular weight is 337 g/mol. The molecule has 1 N–H and O–H groups in total. The average Bonchev–Trinajstić information content (AvgIpc) is 2.46. The van der Waals surface area contributed by atoms with Crippen LogP contribution < -0.4 is 5.32 Å². The fraction of sp³-hybridized carbons (Fsp3) is 0.529. The lowest BCUT2D eigenvalue weighted by molar-refractivity contribution is 0.121. The molecule has 0 spiro atoms. The van der Waals surface area contributed by atoms with Gasteiger partial charge in [0.1, 0.15) is 0 Å². The molecule has 1 aromatic carbocycles. The molecule has 0 saturated carbocycles. The van der Waals surface area contributed by atoms with Crippen LogP contribution in [0.3, 0.4) is 0 Å². The summed E-state index contributed by atoms with van der Waals surface area (Å²) in [4.78, 5) is 2.54. The highest BCUT2D eigenvalue weighted by atomic mass is 79.9. The van der Waals surface area contributed by atoms with Gasteiger partial charge in [-0.15, -0.1) is 0 Å². The van der Waals surface area contributed by atoms with Crippen LogP contribution in [-0.4, -0.2) is 30.6 Å². The number of nitrogens with zero attached hydrogens (tertiary/aromatic N) is 1. The second kappa shape index (κ2) is 7.39. The number of halogens is 1. The maximum Gasteiger partial charge on any atom is 0.0477 e. The fourth-order valence-electron chi connectivity index (χ4n) is 2.90. The molecule has 3 unspecified atom stereocenters. The number of hydrogen-bond donors (Lipinski definition) is 1. The van der Waals surface area contributed by atoms with Crippen LogP contribution in [0.15, 0.2) is 41.4 Å². The maximum atomic E-state index is 4.02. The third-order valence-corrected chi connectivity index (χ3v) is 4.59. The Morgan fingerprint density at radius 2 is 2.15 bits per heavy atom. The Labute approximate surface area is 131 Å². The molecular formula is C17H25BrN2. The molecule has 20 heavy (non-hydrogen) atoms. The van der Waals surface area contributed by atoms with E-state index in [0.717, 1.165) is 24.1 Å². The van der Waals surface area contributed by atoms with Crippen LogP contribution in [0.25, 0.3) is 0 Å². The highest BCUT2D eigenvalue weighted by Crippen LogP contribution is 2.27. The van der Waals surface area contributed by atoms with Crippen molar-refractivity contribution in [1.82, 2.24) is 10.2 Å². The van der Waals surface area contributed by atoms with Gasteiger partial charge in [-0.05, 0) is 11.5 Å². The van der Waals surface area contributed by atoms with Crippen LogP contribution in [0.1, 0.15) is 31.9 Å². The van der Waals surface area contributed by atoms with Crippen LogP contribution in [0.4, 0.5) is 0 Å². The van der Waals surface area contributed by atoms with E-state index < -0.39 is 0 Å². The Balaban J connectivity index is 2.14. The van der Waals surface area contributed by atoms with E-state index in [9.17, 15) is 0 Å². The summed E-state index contributed by atoms with van der Waals surface area (Å²) in [5, 5.41) is 3.73. The zero-order chi connectivity index (χ0) is 14.5. The minimum atomic E-state index is 0.436. The molecule has 0 amide bonds. The summed E-state index contributed by atoms with van der Waals surface area (Å²) in [5.74, 6) is 0.706. The van der Waals surface area contributed by atoms with Gasteiger partial charge in [0.25, 0.3) is 0 Å². The van der Waals surface area contributed by atoms with Gasteiger partial charge >= 0.3 is 0 Å². The number of hydrogen-bond acceptors (Lipinski definition) is 2. The van der Waals surface area contributed by atoms with Crippen molar-refractivity contribution in [1.29, 1.82) is 0 Å². The molecule has 0 aromatic heterocycles. The number of benzene rings is 1. The van der Waals surface area contributed by atoms with Crippen LogP contribution >= 0.6 is 15.9 Å². The summed E-state index contributed by atoms with van der Waals surface area (Å²) in [7, 11) is 0. The van der Waals surface area contributed by atoms with Crippen LogP contribution in [0, 0.1) is 5.92 Å². The standard InChI is InChI=1S/C17H25BrN2/c1-4-13(2)16-12-20(11-14(3)18)17(10-19-16)15-8-6-5-7-9-15/h5-9,13,16-17,19H,3-4,10-12H2,1-2H3. The van der Waals surface area contributed by atoms with Gasteiger partial charge in [-0.25, -0.2) is 0 Å². The number of nitrogens with one attached hydrogen (secondary N) is 1. The predicted octanol–water partition coefficient (Wildman–Crippen LogP) is 3.96. The molecule has 0 bridgehead atoms. The van der Waals surface area contributed by atoms with Crippen LogP contribution in [-0.2, 0) is 0 Å². The molecule has 2 nitrogen and oxygen atoms in total. The molecule has 0 radical (unpaired) electrons. The lowest BCUT2D eigenvalue weighted by Gasteiger charge is -2.42. The van der Waals surface area contributed by atoms with Gasteiger partial charge < -0.3 is 5.32 Å². The monoisotopic (exact) mass is 336 g/mol. The highest BCUT2D eigenvalue weighted by molar-refractivity contribution is 9.11. The van der Waals surface area contributed by atoms with E-state index in [1.54, 1.807) is 0 Å². The first-order valence-corrected chi connectivity index (χ1v) is 8.26. The molecule has 1 aliphatic rings. The summed E-state index contributed by atoms with van der Waals surface area (Å²) in [6.45, 7) is 11.6. The van der Waals surface area contributed by atoms with Gasteiger partial charge in [-0.3, -0.25) is 4.90 Å². The number of piperazine rings is 1. The zero-order valence-corrected chi connectivity index (χ0v) is 14.1. The van der Waals surface area contributed by atoms with Gasteiger partial charge in [-0.1, -0.05) is 73.1 Å². The third-order valence-electron chi connectivity index (χ3n) is 4.34. The minimum Gasteiger partial charge on any atom is -0.311 e. The highest BCUT2D eigenvalue weighted by Gasteiger charge is 2.30. The summed E-state index contributed by atoms with van der Waals surface area (Å²) < 4.78 is 1.06. The topological polar surface area (TPSA) is 15.3 Å². The Kier molecular flexibility index (Phi) is 5.82. The van der Waals surface area contributed by atoms with Crippen molar-refractivity contribution < 1.29 is 0 Å². The van der Waals surface area contributed by atoms with Crippen molar-refractivity contribution in [2.45, 2.75) is 32.4 Å². The molecule has 110 valence electrons. The van der Waals surface area contributed by atoms with Crippen molar-refractivity contribution in [2.75, 3.05) is 19.6 Å². The molecule has 0 aliphatic carbocycles. The smallest absolute Gasteiger partial charge is 0.0477 e. The van der Waals surface area contributed by atoms with Crippen molar-refractivity contribution in [3.63, 3.8) is 0 Å². The molecular weight excluding hydrogens is 312 g/mol. The maximum absolute atomic E-state index is 4.02. The van der Waals surface area contributed by atoms with Crippen molar-refractivity contribution in [3.05, 3.63) is 47.0 Å². The van der Waals surface area contributed by atoms with E-state index in [0.29, 0.717) is 18.0 Å². The van der Waals surface area contributed by atoms with Crippen molar-refractivity contribution in [3.8, 4) is 0 Å². The van der Waals surface area contributed by atoms with Crippen molar-refractivity contribution >= 4 is 15.9 Å². The molecule has 3 atom stereocenters. The molecule has 1 aromatic rings. The number of rotatable bonds is 5. The van der Waals surface area contributed by atoms with Crippen molar-refractivity contribution in [2.24, 2.45) is 5.92 Å². The van der Waals surface area contributed by atoms with E-state index in [2.05, 4.69) is 76.9 Å². The molecule has 1 heterocycles. The van der Waals surface area contributed by atoms with Gasteiger partial charge in [0.2, 0.25) is 0 Å². The summed E-state index contributed by atoms with van der Waals surface area (Å²) in [5.41, 5.74) is 1.39. The molecule has 2 rings (SSSR count). The van der Waals surface area contributed by atoms with Gasteiger partial charge in [0.05, 0.1) is 0 Å². The second-order valence-corrected chi connectivity index (χ2v) is 6.89. The predicted molar refractivity (Wildman–Crippen MR) is 90.1 cm³/mol. The van der Waals surface area contributed by atoms with E-state index in [-0.39, 0.29) is 0 Å². The third kappa shape index (κ3) is 3.94. The van der Waals surface area contributed by atoms with Gasteiger partial charge in [0, 0.05) is 36.2 Å². The molecule has 3 heteroatoms. The first kappa shape index (κ1) is 15.7. The second-order valence-electron chi connectivity index (χ2n) is 5.77. The van der Waals surface area contributed by atoms with E-state index in [1.807, 2.05) is 0 Å². The lowest BCUT2D eigenvalue weighted by atomic mass is 9.93. The van der Waals surface area contributed by atoms with E-state index >= 15 is 0 Å². The quantitative estimate of drug-likeness (QED) is 0.875. The summed E-state index contributed by atoms with van der Waals surface area (Å²) in [6, 6.07) is 11.8. The summed E-state index contributed by atoms with van der Waals surface area (Å²) in [6.07, 6.45) is 1.22. The first-order chi connectivity index (χ1) is 9.61. The SMILES string of the molecule is C=C(Br)CN1CC(C(C)CC)NCC1c1ccccc1. The Morgan fingerprint density at radius 1 is 1.45 bits per heavy atom. The van der Waals surface area contributed by atoms with Gasteiger partial charge in [0.15, 0.2) is 0 Å². The first-order valence-electron chi connectivity index (χ1n) is 7.47. The molecule has 1 fully saturated rings.